The Kier molecular flexibility index (Phi) is 5.55. The number of rotatable bonds is 5. The van der Waals surface area contributed by atoms with E-state index in [4.69, 9.17) is 0 Å². The van der Waals surface area contributed by atoms with E-state index >= 15 is 0 Å². The van der Waals surface area contributed by atoms with E-state index in [0.717, 1.165) is 24.1 Å². The minimum absolute atomic E-state index is 0.148. The van der Waals surface area contributed by atoms with Crippen molar-refractivity contribution in [1.82, 2.24) is 4.98 Å². The summed E-state index contributed by atoms with van der Waals surface area (Å²) in [6.07, 6.45) is 4.80. The molecule has 138 valence electrons. The number of nitrogens with zero attached hydrogens (tertiary/aromatic N) is 1. The lowest BCUT2D eigenvalue weighted by Gasteiger charge is -2.16. The maximum absolute atomic E-state index is 13.6. The van der Waals surface area contributed by atoms with E-state index in [1.165, 1.54) is 53.1 Å². The van der Waals surface area contributed by atoms with Gasteiger partial charge in [0, 0.05) is 15.8 Å². The van der Waals surface area contributed by atoms with Crippen molar-refractivity contribution in [2.45, 2.75) is 30.6 Å². The molecule has 0 radical (unpaired) electrons. The number of carbonyl (C=O) groups excluding carboxylic acids is 1. The van der Waals surface area contributed by atoms with Gasteiger partial charge in [-0.3, -0.25) is 4.79 Å². The van der Waals surface area contributed by atoms with Gasteiger partial charge in [-0.15, -0.1) is 23.1 Å². The fraction of sp³-hybridized carbons (Fsp3) is 0.238. The van der Waals surface area contributed by atoms with Crippen LogP contribution < -0.4 is 5.32 Å². The second-order valence-electron chi connectivity index (χ2n) is 6.50. The largest absolute Gasteiger partial charge is 0.301 e. The number of hydrogen-bond acceptors (Lipinski definition) is 4. The number of hydrogen-bond donors (Lipinski definition) is 1. The van der Waals surface area contributed by atoms with Crippen LogP contribution in [0.1, 0.15) is 24.0 Å². The van der Waals surface area contributed by atoms with Crippen LogP contribution in [-0.4, -0.2) is 16.6 Å². The highest BCUT2D eigenvalue weighted by Gasteiger charge is 2.13. The van der Waals surface area contributed by atoms with Crippen LogP contribution in [0.4, 0.5) is 9.52 Å². The number of thioether (sulfide) groups is 1. The topological polar surface area (TPSA) is 42.0 Å². The van der Waals surface area contributed by atoms with Crippen molar-refractivity contribution in [2.24, 2.45) is 0 Å². The molecule has 27 heavy (non-hydrogen) atoms. The smallest absolute Gasteiger partial charge is 0.236 e. The number of halogens is 1. The van der Waals surface area contributed by atoms with Crippen molar-refractivity contribution in [3.8, 4) is 11.3 Å². The van der Waals surface area contributed by atoms with Crippen LogP contribution in [0.2, 0.25) is 0 Å². The molecule has 1 aliphatic carbocycles. The first-order valence-corrected chi connectivity index (χ1v) is 10.8. The Morgan fingerprint density at radius 2 is 1.96 bits per heavy atom. The lowest BCUT2D eigenvalue weighted by atomic mass is 9.90. The second kappa shape index (κ2) is 8.23. The SMILES string of the molecule is O=C(CSc1ccccc1F)Nc1nc(-c2ccc3c(c2)CCCC3)cs1. The summed E-state index contributed by atoms with van der Waals surface area (Å²) >= 11 is 2.59. The van der Waals surface area contributed by atoms with Crippen LogP contribution in [0.3, 0.4) is 0 Å². The van der Waals surface area contributed by atoms with Crippen LogP contribution in [-0.2, 0) is 17.6 Å². The number of benzene rings is 2. The third-order valence-electron chi connectivity index (χ3n) is 4.59. The number of amides is 1. The fourth-order valence-corrected chi connectivity index (χ4v) is 4.69. The molecule has 0 saturated carbocycles. The van der Waals surface area contributed by atoms with Crippen LogP contribution >= 0.6 is 23.1 Å². The summed E-state index contributed by atoms with van der Waals surface area (Å²) in [4.78, 5) is 17.2. The summed E-state index contributed by atoms with van der Waals surface area (Å²) in [6, 6.07) is 13.0. The molecule has 1 amide bonds. The Morgan fingerprint density at radius 1 is 1.15 bits per heavy atom. The molecule has 3 aromatic rings. The Hall–Kier alpha value is -2.18. The molecule has 1 heterocycles. The summed E-state index contributed by atoms with van der Waals surface area (Å²) < 4.78 is 13.6. The van der Waals surface area contributed by atoms with Gasteiger partial charge >= 0.3 is 0 Å². The molecule has 0 fully saturated rings. The quantitative estimate of drug-likeness (QED) is 0.572. The molecule has 6 heteroatoms. The summed E-state index contributed by atoms with van der Waals surface area (Å²) in [6.45, 7) is 0. The molecule has 0 bridgehead atoms. The van der Waals surface area contributed by atoms with Gasteiger partial charge < -0.3 is 5.32 Å². The monoisotopic (exact) mass is 398 g/mol. The molecule has 0 spiro atoms. The van der Waals surface area contributed by atoms with Crippen molar-refractivity contribution < 1.29 is 9.18 Å². The minimum atomic E-state index is -0.306. The molecule has 0 aliphatic heterocycles. The van der Waals surface area contributed by atoms with Gasteiger partial charge in [0.1, 0.15) is 5.82 Å². The van der Waals surface area contributed by atoms with E-state index in [1.54, 1.807) is 18.2 Å². The fourth-order valence-electron chi connectivity index (χ4n) is 3.22. The first kappa shape index (κ1) is 18.2. The molecule has 1 aliphatic rings. The third-order valence-corrected chi connectivity index (χ3v) is 6.40. The minimum Gasteiger partial charge on any atom is -0.301 e. The lowest BCUT2D eigenvalue weighted by molar-refractivity contribution is -0.113. The second-order valence-corrected chi connectivity index (χ2v) is 8.37. The van der Waals surface area contributed by atoms with Gasteiger partial charge in [-0.25, -0.2) is 9.37 Å². The molecule has 2 aromatic carbocycles. The molecular formula is C21H19FN2OS2. The van der Waals surface area contributed by atoms with Gasteiger partial charge in [0.15, 0.2) is 5.13 Å². The Morgan fingerprint density at radius 3 is 2.81 bits per heavy atom. The molecule has 1 aromatic heterocycles. The summed E-state index contributed by atoms with van der Waals surface area (Å²) in [5, 5.41) is 5.34. The van der Waals surface area contributed by atoms with Gasteiger partial charge in [0.25, 0.3) is 0 Å². The highest BCUT2D eigenvalue weighted by atomic mass is 32.2. The van der Waals surface area contributed by atoms with Gasteiger partial charge in [-0.2, -0.15) is 0 Å². The van der Waals surface area contributed by atoms with Gasteiger partial charge in [0.05, 0.1) is 11.4 Å². The van der Waals surface area contributed by atoms with Crippen LogP contribution in [0.25, 0.3) is 11.3 Å². The summed E-state index contributed by atoms with van der Waals surface area (Å²) in [7, 11) is 0. The van der Waals surface area contributed by atoms with E-state index in [9.17, 15) is 9.18 Å². The van der Waals surface area contributed by atoms with Crippen molar-refractivity contribution in [1.29, 1.82) is 0 Å². The zero-order chi connectivity index (χ0) is 18.6. The lowest BCUT2D eigenvalue weighted by Crippen LogP contribution is -2.13. The average Bonchev–Trinajstić information content (AvgIpc) is 3.15. The van der Waals surface area contributed by atoms with Gasteiger partial charge in [-0.1, -0.05) is 24.3 Å². The molecule has 0 atom stereocenters. The maximum atomic E-state index is 13.6. The summed E-state index contributed by atoms with van der Waals surface area (Å²) in [5.41, 5.74) is 4.83. The molecule has 0 unspecified atom stereocenters. The zero-order valence-electron chi connectivity index (χ0n) is 14.7. The third kappa shape index (κ3) is 4.39. The van der Waals surface area contributed by atoms with E-state index < -0.39 is 0 Å². The predicted molar refractivity (Wildman–Crippen MR) is 110 cm³/mol. The highest BCUT2D eigenvalue weighted by molar-refractivity contribution is 8.00. The molecule has 1 N–H and O–H groups in total. The number of carbonyl (C=O) groups is 1. The average molecular weight is 399 g/mol. The molecular weight excluding hydrogens is 379 g/mol. The number of nitrogens with one attached hydrogen (secondary N) is 1. The van der Waals surface area contributed by atoms with Crippen molar-refractivity contribution in [2.75, 3.05) is 11.1 Å². The van der Waals surface area contributed by atoms with Gasteiger partial charge in [0.2, 0.25) is 5.91 Å². The number of thiazole rings is 1. The Balaban J connectivity index is 1.39. The van der Waals surface area contributed by atoms with Gasteiger partial charge in [-0.05, 0) is 55.0 Å². The standard InChI is InChI=1S/C21H19FN2OS2/c22-17-7-3-4-8-19(17)26-13-20(25)24-21-23-18(12-27-21)16-10-9-14-5-1-2-6-15(14)11-16/h3-4,7-12H,1-2,5-6,13H2,(H,23,24,25). The highest BCUT2D eigenvalue weighted by Crippen LogP contribution is 2.30. The van der Waals surface area contributed by atoms with E-state index in [-0.39, 0.29) is 17.5 Å². The van der Waals surface area contributed by atoms with E-state index in [2.05, 4.69) is 28.5 Å². The first-order valence-electron chi connectivity index (χ1n) is 8.94. The molecule has 3 nitrogen and oxygen atoms in total. The Labute approximate surface area is 166 Å². The normalized spacial score (nSPS) is 13.2. The van der Waals surface area contributed by atoms with Crippen molar-refractivity contribution in [3.63, 3.8) is 0 Å². The number of aromatic nitrogens is 1. The number of fused-ring (bicyclic) bond motifs is 1. The number of anilines is 1. The number of aryl methyl sites for hydroxylation is 2. The van der Waals surface area contributed by atoms with Crippen LogP contribution in [0, 0.1) is 5.82 Å². The van der Waals surface area contributed by atoms with Crippen molar-refractivity contribution in [3.05, 3.63) is 64.8 Å². The molecule has 4 rings (SSSR count). The van der Waals surface area contributed by atoms with Crippen LogP contribution in [0.5, 0.6) is 0 Å². The predicted octanol–water partition coefficient (Wildman–Crippen LogP) is 5.56. The van der Waals surface area contributed by atoms with Crippen LogP contribution in [0.15, 0.2) is 52.7 Å². The molecule has 0 saturated heterocycles. The maximum Gasteiger partial charge on any atom is 0.236 e. The van der Waals surface area contributed by atoms with E-state index in [0.29, 0.717) is 10.0 Å². The first-order chi connectivity index (χ1) is 13.2. The van der Waals surface area contributed by atoms with E-state index in [1.807, 2.05) is 5.38 Å². The Bertz CT molecular complexity index is 970. The van der Waals surface area contributed by atoms with Crippen molar-refractivity contribution >= 4 is 34.1 Å². The zero-order valence-corrected chi connectivity index (χ0v) is 16.3. The summed E-state index contributed by atoms with van der Waals surface area (Å²) in [5.74, 6) is -0.344.